The van der Waals surface area contributed by atoms with Gasteiger partial charge in [0.2, 0.25) is 0 Å². The van der Waals surface area contributed by atoms with Crippen LogP contribution in [0.15, 0.2) is 60.8 Å². The van der Waals surface area contributed by atoms with Crippen LogP contribution in [0.2, 0.25) is 5.02 Å². The van der Waals surface area contributed by atoms with Crippen molar-refractivity contribution >= 4 is 40.8 Å². The van der Waals surface area contributed by atoms with Crippen molar-refractivity contribution in [3.63, 3.8) is 0 Å². The number of nitrogens with one attached hydrogen (secondary N) is 3. The van der Waals surface area contributed by atoms with Gasteiger partial charge in [-0.2, -0.15) is 0 Å². The predicted molar refractivity (Wildman–Crippen MR) is 120 cm³/mol. The number of aromatic nitrogens is 1. The van der Waals surface area contributed by atoms with Crippen LogP contribution in [0.4, 0.5) is 11.5 Å². The number of amides is 2. The highest BCUT2D eigenvalue weighted by Crippen LogP contribution is 2.28. The second-order valence-corrected chi connectivity index (χ2v) is 7.23. The van der Waals surface area contributed by atoms with E-state index in [9.17, 15) is 14.7 Å². The van der Waals surface area contributed by atoms with Crippen LogP contribution in [0, 0.1) is 5.41 Å². The number of nitrogens with zero attached hydrogens (tertiary/aromatic N) is 2. The van der Waals surface area contributed by atoms with Crippen LogP contribution in [-0.4, -0.2) is 46.7 Å². The first-order valence-electron chi connectivity index (χ1n) is 9.19. The van der Waals surface area contributed by atoms with Gasteiger partial charge in [0.25, 0.3) is 11.8 Å². The molecule has 1 aromatic heterocycles. The zero-order valence-electron chi connectivity index (χ0n) is 16.8. The fourth-order valence-electron chi connectivity index (χ4n) is 2.72. The normalized spacial score (nSPS) is 10.3. The fourth-order valence-corrected chi connectivity index (χ4v) is 2.83. The topological polar surface area (TPSA) is 118 Å². The first kappa shape index (κ1) is 21.8. The van der Waals surface area contributed by atoms with Gasteiger partial charge in [0, 0.05) is 31.4 Å². The highest BCUT2D eigenvalue weighted by molar-refractivity contribution is 6.30. The first-order chi connectivity index (χ1) is 14.8. The third-order valence-electron chi connectivity index (χ3n) is 4.36. The first-order valence-corrected chi connectivity index (χ1v) is 9.56. The number of hydrogen-bond donors (Lipinski definition) is 4. The lowest BCUT2D eigenvalue weighted by atomic mass is 10.1. The molecule has 1 heterocycles. The van der Waals surface area contributed by atoms with Gasteiger partial charge in [-0.05, 0) is 36.4 Å². The molecule has 0 spiro atoms. The highest BCUT2D eigenvalue weighted by atomic mass is 35.5. The number of anilines is 2. The quantitative estimate of drug-likeness (QED) is 0.275. The predicted octanol–water partition coefficient (Wildman–Crippen LogP) is 3.83. The number of phenolic OH excluding ortho intramolecular Hbond substituents is 1. The zero-order chi connectivity index (χ0) is 22.5. The highest BCUT2D eigenvalue weighted by Gasteiger charge is 2.18. The summed E-state index contributed by atoms with van der Waals surface area (Å²) < 4.78 is 0. The smallest absolute Gasteiger partial charge is 0.259 e. The van der Waals surface area contributed by atoms with Gasteiger partial charge in [0.15, 0.2) is 0 Å². The van der Waals surface area contributed by atoms with Gasteiger partial charge in [0.1, 0.15) is 17.4 Å². The molecule has 3 aromatic rings. The molecule has 2 aromatic carbocycles. The number of hydrogen-bond acceptors (Lipinski definition) is 5. The number of halogens is 1. The molecular weight excluding hydrogens is 418 g/mol. The van der Waals surface area contributed by atoms with Crippen molar-refractivity contribution in [1.29, 1.82) is 5.41 Å². The van der Waals surface area contributed by atoms with Crippen LogP contribution in [0.3, 0.4) is 0 Å². The van der Waals surface area contributed by atoms with Crippen molar-refractivity contribution in [3.8, 4) is 5.75 Å². The molecule has 0 saturated heterocycles. The Morgan fingerprint density at radius 1 is 0.968 bits per heavy atom. The molecule has 158 valence electrons. The van der Waals surface area contributed by atoms with Crippen LogP contribution >= 0.6 is 11.6 Å². The third-order valence-corrected chi connectivity index (χ3v) is 4.59. The van der Waals surface area contributed by atoms with E-state index in [0.29, 0.717) is 22.0 Å². The van der Waals surface area contributed by atoms with E-state index < -0.39 is 11.8 Å². The Morgan fingerprint density at radius 2 is 1.65 bits per heavy atom. The van der Waals surface area contributed by atoms with Crippen LogP contribution in [0.25, 0.3) is 0 Å². The Bertz CT molecular complexity index is 1130. The number of benzene rings is 2. The number of carbonyl (C=O) groups is 2. The van der Waals surface area contributed by atoms with E-state index in [-0.39, 0.29) is 22.8 Å². The Kier molecular flexibility index (Phi) is 6.52. The summed E-state index contributed by atoms with van der Waals surface area (Å²) in [6.45, 7) is 0. The van der Waals surface area contributed by atoms with Crippen molar-refractivity contribution in [3.05, 3.63) is 82.5 Å². The van der Waals surface area contributed by atoms with Crippen LogP contribution < -0.4 is 10.6 Å². The van der Waals surface area contributed by atoms with Crippen LogP contribution in [0.1, 0.15) is 26.3 Å². The van der Waals surface area contributed by atoms with E-state index in [2.05, 4.69) is 15.6 Å². The summed E-state index contributed by atoms with van der Waals surface area (Å²) in [7, 11) is 3.51. The summed E-state index contributed by atoms with van der Waals surface area (Å²) in [6, 6.07) is 13.9. The second-order valence-electron chi connectivity index (χ2n) is 6.79. The molecule has 0 bridgehead atoms. The van der Waals surface area contributed by atoms with Crippen LogP contribution in [-0.2, 0) is 0 Å². The minimum absolute atomic E-state index is 0.0240. The number of para-hydroxylation sites is 1. The maximum atomic E-state index is 12.7. The molecule has 0 atom stereocenters. The van der Waals surface area contributed by atoms with Gasteiger partial charge in [-0.25, -0.2) is 4.98 Å². The lowest BCUT2D eigenvalue weighted by molar-refractivity contribution is 0.102. The third kappa shape index (κ3) is 5.18. The summed E-state index contributed by atoms with van der Waals surface area (Å²) in [6.07, 6.45) is 1.39. The number of phenols is 1. The zero-order valence-corrected chi connectivity index (χ0v) is 17.6. The summed E-state index contributed by atoms with van der Waals surface area (Å²) in [5, 5.41) is 23.8. The lowest BCUT2D eigenvalue weighted by Gasteiger charge is -2.15. The van der Waals surface area contributed by atoms with Gasteiger partial charge in [-0.15, -0.1) is 0 Å². The fraction of sp³-hybridized carbons (Fsp3) is 0.0909. The van der Waals surface area contributed by atoms with Crippen molar-refractivity contribution in [2.45, 2.75) is 0 Å². The summed E-state index contributed by atoms with van der Waals surface area (Å²) in [5.74, 6) is -0.744. The summed E-state index contributed by atoms with van der Waals surface area (Å²) >= 11 is 5.80. The standard InChI is InChI=1S/C22H20ClN5O3/c1-28(2)20(24)13-6-8-14(9-7-13)21(30)27-19-16(4-3-5-17(19)29)22(31)26-18-11-10-15(23)12-25-18/h3-12,24,29H,1-2H3,(H,27,30)(H,25,26,31). The molecule has 0 aliphatic rings. The van der Waals surface area contributed by atoms with Crippen molar-refractivity contribution in [1.82, 2.24) is 9.88 Å². The molecule has 9 heteroatoms. The van der Waals surface area contributed by atoms with E-state index in [4.69, 9.17) is 17.0 Å². The molecule has 2 amide bonds. The average Bonchev–Trinajstić information content (AvgIpc) is 2.76. The number of rotatable bonds is 5. The molecule has 0 aliphatic heterocycles. The summed E-state index contributed by atoms with van der Waals surface area (Å²) in [5.41, 5.74) is 1.00. The van der Waals surface area contributed by atoms with Gasteiger partial charge >= 0.3 is 0 Å². The SMILES string of the molecule is CN(C)C(=N)c1ccc(C(=O)Nc2c(O)cccc2C(=O)Nc2ccc(Cl)cn2)cc1. The van der Waals surface area contributed by atoms with E-state index in [1.54, 1.807) is 49.3 Å². The number of amidine groups is 1. The lowest BCUT2D eigenvalue weighted by Crippen LogP contribution is -2.22. The van der Waals surface area contributed by atoms with Gasteiger partial charge in [-0.1, -0.05) is 29.8 Å². The molecule has 0 fully saturated rings. The van der Waals surface area contributed by atoms with Crippen molar-refractivity contribution in [2.24, 2.45) is 0 Å². The molecule has 0 aliphatic carbocycles. The van der Waals surface area contributed by atoms with E-state index >= 15 is 0 Å². The molecular formula is C22H20ClN5O3. The van der Waals surface area contributed by atoms with E-state index in [1.807, 2.05) is 0 Å². The average molecular weight is 438 g/mol. The summed E-state index contributed by atoms with van der Waals surface area (Å²) in [4.78, 5) is 31.1. The molecule has 0 unspecified atom stereocenters. The Balaban J connectivity index is 1.81. The Labute approximate surface area is 184 Å². The molecule has 3 rings (SSSR count). The van der Waals surface area contributed by atoms with E-state index in [1.165, 1.54) is 30.5 Å². The maximum absolute atomic E-state index is 12.7. The molecule has 31 heavy (non-hydrogen) atoms. The van der Waals surface area contributed by atoms with Crippen molar-refractivity contribution in [2.75, 3.05) is 24.7 Å². The van der Waals surface area contributed by atoms with Crippen molar-refractivity contribution < 1.29 is 14.7 Å². The van der Waals surface area contributed by atoms with Gasteiger partial charge < -0.3 is 20.6 Å². The maximum Gasteiger partial charge on any atom is 0.259 e. The monoisotopic (exact) mass is 437 g/mol. The Hall–Kier alpha value is -3.91. The van der Waals surface area contributed by atoms with E-state index in [0.717, 1.165) is 0 Å². The number of carbonyl (C=O) groups excluding carboxylic acids is 2. The van der Waals surface area contributed by atoms with Gasteiger partial charge in [0.05, 0.1) is 16.3 Å². The Morgan fingerprint density at radius 3 is 2.26 bits per heavy atom. The van der Waals surface area contributed by atoms with Gasteiger partial charge in [-0.3, -0.25) is 15.0 Å². The molecule has 8 nitrogen and oxygen atoms in total. The van der Waals surface area contributed by atoms with Crippen LogP contribution in [0.5, 0.6) is 5.75 Å². The second kappa shape index (κ2) is 9.27. The molecule has 0 radical (unpaired) electrons. The minimum Gasteiger partial charge on any atom is -0.506 e. The molecule has 4 N–H and O–H groups in total. The number of pyridine rings is 1. The largest absolute Gasteiger partial charge is 0.506 e. The molecule has 0 saturated carbocycles. The number of aromatic hydroxyl groups is 1. The minimum atomic E-state index is -0.559.